The summed E-state index contributed by atoms with van der Waals surface area (Å²) in [6.45, 7) is 8.37. The molecule has 31 heavy (non-hydrogen) atoms. The minimum absolute atomic E-state index is 0.0250. The number of rotatable bonds is 4. The van der Waals surface area contributed by atoms with Crippen molar-refractivity contribution in [2.75, 3.05) is 27.3 Å². The third-order valence-corrected chi connectivity index (χ3v) is 11.2. The number of hydrogen-bond acceptors (Lipinski definition) is 6. The average molecular weight is 434 g/mol. The van der Waals surface area contributed by atoms with Gasteiger partial charge in [-0.2, -0.15) is 0 Å². The summed E-state index contributed by atoms with van der Waals surface area (Å²) in [7, 11) is 3.60. The lowest BCUT2D eigenvalue weighted by Gasteiger charge is -2.69. The molecular formula is C25H39NO5. The summed E-state index contributed by atoms with van der Waals surface area (Å²) in [6, 6.07) is 0.276. The lowest BCUT2D eigenvalue weighted by atomic mass is 9.43. The van der Waals surface area contributed by atoms with Crippen LogP contribution in [0.1, 0.15) is 52.9 Å². The molecule has 6 nitrogen and oxygen atoms in total. The highest BCUT2D eigenvalue weighted by molar-refractivity contribution is 5.67. The predicted molar refractivity (Wildman–Crippen MR) is 114 cm³/mol. The second-order valence-corrected chi connectivity index (χ2v) is 11.9. The Hall–Kier alpha value is -0.690. The van der Waals surface area contributed by atoms with Gasteiger partial charge >= 0.3 is 5.97 Å². The number of carbonyl (C=O) groups excluding carboxylic acids is 1. The lowest BCUT2D eigenvalue weighted by Crippen LogP contribution is -2.76. The Kier molecular flexibility index (Phi) is 4.35. The zero-order chi connectivity index (χ0) is 21.9. The van der Waals surface area contributed by atoms with Gasteiger partial charge in [-0.1, -0.05) is 13.8 Å². The summed E-state index contributed by atoms with van der Waals surface area (Å²) >= 11 is 0. The van der Waals surface area contributed by atoms with Crippen LogP contribution in [0.25, 0.3) is 0 Å². The van der Waals surface area contributed by atoms with Crippen molar-refractivity contribution in [2.24, 2.45) is 40.4 Å². The number of fused-ring (bicyclic) bond motifs is 2. The molecule has 1 aliphatic heterocycles. The minimum Gasteiger partial charge on any atom is -0.458 e. The van der Waals surface area contributed by atoms with Crippen molar-refractivity contribution in [1.29, 1.82) is 0 Å². The van der Waals surface area contributed by atoms with E-state index in [0.29, 0.717) is 17.8 Å². The van der Waals surface area contributed by atoms with E-state index >= 15 is 0 Å². The van der Waals surface area contributed by atoms with Crippen molar-refractivity contribution in [3.05, 3.63) is 0 Å². The van der Waals surface area contributed by atoms with E-state index in [-0.39, 0.29) is 53.0 Å². The van der Waals surface area contributed by atoms with E-state index in [1.807, 2.05) is 7.11 Å². The van der Waals surface area contributed by atoms with Crippen molar-refractivity contribution in [1.82, 2.24) is 4.90 Å². The van der Waals surface area contributed by atoms with E-state index in [2.05, 4.69) is 18.7 Å². The molecule has 12 atom stereocenters. The van der Waals surface area contributed by atoms with E-state index in [4.69, 9.17) is 14.2 Å². The molecule has 5 aliphatic carbocycles. The summed E-state index contributed by atoms with van der Waals surface area (Å²) in [4.78, 5) is 15.2. The molecule has 0 aromatic rings. The van der Waals surface area contributed by atoms with Crippen molar-refractivity contribution in [3.63, 3.8) is 0 Å². The third-order valence-electron chi connectivity index (χ3n) is 11.2. The molecule has 5 saturated carbocycles. The monoisotopic (exact) mass is 433 g/mol. The molecule has 0 amide bonds. The maximum Gasteiger partial charge on any atom is 0.303 e. The molecule has 0 aromatic carbocycles. The van der Waals surface area contributed by atoms with Crippen LogP contribution in [0.5, 0.6) is 0 Å². The summed E-state index contributed by atoms with van der Waals surface area (Å²) in [6.07, 6.45) is 4.58. The van der Waals surface area contributed by atoms with Gasteiger partial charge in [-0.3, -0.25) is 9.69 Å². The largest absolute Gasteiger partial charge is 0.458 e. The number of nitrogens with zero attached hydrogens (tertiary/aromatic N) is 1. The van der Waals surface area contributed by atoms with Crippen molar-refractivity contribution >= 4 is 5.97 Å². The molecule has 7 bridgehead atoms. The number of piperidine rings is 1. The van der Waals surface area contributed by atoms with Crippen LogP contribution in [0.4, 0.5) is 0 Å². The topological polar surface area (TPSA) is 68.2 Å². The van der Waals surface area contributed by atoms with E-state index in [1.54, 1.807) is 14.0 Å². The van der Waals surface area contributed by atoms with Gasteiger partial charge in [-0.05, 0) is 49.5 Å². The summed E-state index contributed by atoms with van der Waals surface area (Å²) in [5.74, 6) is 1.29. The summed E-state index contributed by atoms with van der Waals surface area (Å²) < 4.78 is 18.7. The SMILES string of the molecule is CCN1CC2(C)CCC(O)C34C5CC6C(OC)CC(OC(C)=O)(C(CC23)C14)C5C6OC. The Balaban J connectivity index is 1.61. The summed E-state index contributed by atoms with van der Waals surface area (Å²) in [5, 5.41) is 11.8. The number of carbonyl (C=O) groups is 1. The number of ether oxygens (including phenoxy) is 3. The van der Waals surface area contributed by atoms with Gasteiger partial charge in [0.2, 0.25) is 0 Å². The molecule has 1 N–H and O–H groups in total. The van der Waals surface area contributed by atoms with Gasteiger partial charge in [0, 0.05) is 63.3 Å². The Morgan fingerprint density at radius 2 is 1.97 bits per heavy atom. The van der Waals surface area contributed by atoms with Gasteiger partial charge < -0.3 is 19.3 Å². The maximum absolute atomic E-state index is 12.6. The van der Waals surface area contributed by atoms with Gasteiger partial charge in [-0.15, -0.1) is 0 Å². The number of esters is 1. The van der Waals surface area contributed by atoms with Gasteiger partial charge in [-0.25, -0.2) is 0 Å². The Bertz CT molecular complexity index is 790. The van der Waals surface area contributed by atoms with Crippen LogP contribution in [0.15, 0.2) is 0 Å². The molecular weight excluding hydrogens is 394 g/mol. The van der Waals surface area contributed by atoms with Crippen LogP contribution in [0.2, 0.25) is 0 Å². The molecule has 6 fully saturated rings. The number of methoxy groups -OCH3 is 2. The van der Waals surface area contributed by atoms with Gasteiger partial charge in [0.25, 0.3) is 0 Å². The first-order valence-electron chi connectivity index (χ1n) is 12.5. The van der Waals surface area contributed by atoms with E-state index in [1.165, 1.54) is 0 Å². The zero-order valence-electron chi connectivity index (χ0n) is 19.7. The standard InChI is InChI=1S/C25H39NO5/c1-6-26-12-23(3)8-7-19(28)25-15-9-14-17(29-4)11-24(31-13(2)27,20(15)21(14)30-5)16(22(25)26)10-18(23)25/h14-22,28H,6-12H2,1-5H3. The Morgan fingerprint density at radius 3 is 2.61 bits per heavy atom. The fourth-order valence-corrected chi connectivity index (χ4v) is 10.8. The van der Waals surface area contributed by atoms with Gasteiger partial charge in [0.1, 0.15) is 5.60 Å². The van der Waals surface area contributed by atoms with Crippen LogP contribution >= 0.6 is 0 Å². The van der Waals surface area contributed by atoms with Gasteiger partial charge in [0.15, 0.2) is 0 Å². The zero-order valence-corrected chi connectivity index (χ0v) is 19.7. The lowest BCUT2D eigenvalue weighted by molar-refractivity contribution is -0.274. The van der Waals surface area contributed by atoms with Crippen molar-refractivity contribution in [2.45, 2.75) is 82.8 Å². The minimum atomic E-state index is -0.559. The summed E-state index contributed by atoms with van der Waals surface area (Å²) in [5.41, 5.74) is -0.456. The highest BCUT2D eigenvalue weighted by Gasteiger charge is 2.84. The van der Waals surface area contributed by atoms with Crippen LogP contribution in [-0.2, 0) is 19.0 Å². The quantitative estimate of drug-likeness (QED) is 0.687. The smallest absolute Gasteiger partial charge is 0.303 e. The first-order chi connectivity index (χ1) is 14.8. The number of hydrogen-bond donors (Lipinski definition) is 1. The van der Waals surface area contributed by atoms with Crippen molar-refractivity contribution in [3.8, 4) is 0 Å². The highest BCUT2D eigenvalue weighted by atomic mass is 16.6. The second kappa shape index (κ2) is 6.46. The maximum atomic E-state index is 12.6. The molecule has 1 spiro atoms. The first kappa shape index (κ1) is 20.9. The average Bonchev–Trinajstić information content (AvgIpc) is 3.20. The predicted octanol–water partition coefficient (Wildman–Crippen LogP) is 2.48. The van der Waals surface area contributed by atoms with Crippen LogP contribution in [0.3, 0.4) is 0 Å². The number of likely N-dealkylation sites (tertiary alicyclic amines) is 1. The molecule has 1 saturated heterocycles. The van der Waals surface area contributed by atoms with Crippen molar-refractivity contribution < 1.29 is 24.1 Å². The van der Waals surface area contributed by atoms with Crippen LogP contribution in [-0.4, -0.2) is 73.2 Å². The normalized spacial score (nSPS) is 59.0. The van der Waals surface area contributed by atoms with E-state index < -0.39 is 5.60 Å². The molecule has 0 aromatic heterocycles. The molecule has 6 aliphatic rings. The number of aliphatic hydroxyl groups excluding tert-OH is 1. The molecule has 12 unspecified atom stereocenters. The first-order valence-corrected chi connectivity index (χ1v) is 12.5. The molecule has 0 radical (unpaired) electrons. The van der Waals surface area contributed by atoms with Crippen LogP contribution in [0, 0.1) is 40.4 Å². The fourth-order valence-electron chi connectivity index (χ4n) is 10.8. The fraction of sp³-hybridized carbons (Fsp3) is 0.960. The van der Waals surface area contributed by atoms with E-state index in [9.17, 15) is 9.90 Å². The molecule has 1 heterocycles. The van der Waals surface area contributed by atoms with Gasteiger partial charge in [0.05, 0.1) is 18.3 Å². The second-order valence-electron chi connectivity index (χ2n) is 11.9. The highest BCUT2D eigenvalue weighted by Crippen LogP contribution is 2.79. The Labute approximate surface area is 186 Å². The van der Waals surface area contributed by atoms with Crippen LogP contribution < -0.4 is 0 Å². The molecule has 6 heteroatoms. The third kappa shape index (κ3) is 2.17. The number of aliphatic hydroxyl groups is 1. The molecule has 174 valence electrons. The van der Waals surface area contributed by atoms with E-state index in [0.717, 1.165) is 45.2 Å². The molecule has 6 rings (SSSR count). The Morgan fingerprint density at radius 1 is 1.19 bits per heavy atom.